The van der Waals surface area contributed by atoms with Gasteiger partial charge >= 0.3 is 5.69 Å². The van der Waals surface area contributed by atoms with Gasteiger partial charge in [-0.25, -0.2) is 19.8 Å². The molecule has 4 heterocycles. The molecule has 5 rings (SSSR count). The number of imidazole rings is 1. The minimum absolute atomic E-state index is 0.0404. The van der Waals surface area contributed by atoms with Crippen LogP contribution in [-0.4, -0.2) is 53.7 Å². The molecule has 12 heteroatoms. The number of benzene rings is 1. The van der Waals surface area contributed by atoms with Crippen LogP contribution in [0.4, 0.5) is 5.95 Å². The van der Waals surface area contributed by atoms with Crippen LogP contribution >= 0.6 is 0 Å². The van der Waals surface area contributed by atoms with Crippen molar-refractivity contribution in [2.75, 3.05) is 18.0 Å². The lowest BCUT2D eigenvalue weighted by Crippen LogP contribution is -2.41. The zero-order valence-electron chi connectivity index (χ0n) is 21.7. The summed E-state index contributed by atoms with van der Waals surface area (Å²) in [7, 11) is 1.61. The van der Waals surface area contributed by atoms with Crippen LogP contribution in [0.2, 0.25) is 0 Å². The maximum atomic E-state index is 13.9. The van der Waals surface area contributed by atoms with E-state index >= 15 is 0 Å². The molecular formula is C26H30N10O2. The highest BCUT2D eigenvalue weighted by atomic mass is 16.2. The van der Waals surface area contributed by atoms with E-state index in [9.17, 15) is 9.59 Å². The van der Waals surface area contributed by atoms with Gasteiger partial charge in [-0.2, -0.15) is 4.98 Å². The molecule has 38 heavy (non-hydrogen) atoms. The SMILES string of the molecule is CC#CCn1c(N2CCCC(N=C(N)N)C2)nc2c1c(=O)n(Cc1nc(C)c3ccccc3n1)c(=O)n2C. The molecule has 3 aromatic heterocycles. The molecule has 1 unspecified atom stereocenters. The van der Waals surface area contributed by atoms with Crippen LogP contribution in [0.15, 0.2) is 38.8 Å². The molecule has 196 valence electrons. The molecule has 0 bridgehead atoms. The number of fused-ring (bicyclic) bond motifs is 2. The van der Waals surface area contributed by atoms with Crippen LogP contribution in [-0.2, 0) is 20.1 Å². The van der Waals surface area contributed by atoms with Gasteiger partial charge in [-0.15, -0.1) is 5.92 Å². The summed E-state index contributed by atoms with van der Waals surface area (Å²) in [5.74, 6) is 6.91. The Morgan fingerprint density at radius 3 is 2.71 bits per heavy atom. The summed E-state index contributed by atoms with van der Waals surface area (Å²) in [6.45, 7) is 5.05. The number of rotatable bonds is 5. The molecule has 0 spiro atoms. The van der Waals surface area contributed by atoms with Crippen molar-refractivity contribution in [2.24, 2.45) is 23.5 Å². The lowest BCUT2D eigenvalue weighted by molar-refractivity contribution is 0.497. The quantitative estimate of drug-likeness (QED) is 0.221. The van der Waals surface area contributed by atoms with Crippen molar-refractivity contribution in [3.05, 3.63) is 56.6 Å². The largest absolute Gasteiger partial charge is 0.370 e. The number of guanidine groups is 1. The smallest absolute Gasteiger partial charge is 0.332 e. The van der Waals surface area contributed by atoms with Gasteiger partial charge in [0.1, 0.15) is 5.82 Å². The van der Waals surface area contributed by atoms with Gasteiger partial charge in [0.15, 0.2) is 17.1 Å². The Labute approximate surface area is 218 Å². The van der Waals surface area contributed by atoms with Gasteiger partial charge in [-0.1, -0.05) is 24.1 Å². The third-order valence-corrected chi connectivity index (χ3v) is 6.78. The fourth-order valence-electron chi connectivity index (χ4n) is 5.01. The van der Waals surface area contributed by atoms with Crippen LogP contribution in [0.5, 0.6) is 0 Å². The summed E-state index contributed by atoms with van der Waals surface area (Å²) in [4.78, 5) is 47.5. The van der Waals surface area contributed by atoms with E-state index in [-0.39, 0.29) is 25.1 Å². The molecular weight excluding hydrogens is 484 g/mol. The highest BCUT2D eigenvalue weighted by Crippen LogP contribution is 2.24. The maximum absolute atomic E-state index is 13.9. The number of aromatic nitrogens is 6. The monoisotopic (exact) mass is 514 g/mol. The minimum Gasteiger partial charge on any atom is -0.370 e. The number of aryl methyl sites for hydroxylation is 2. The average molecular weight is 515 g/mol. The fraction of sp³-hybridized carbons (Fsp3) is 0.385. The second-order valence-electron chi connectivity index (χ2n) is 9.37. The van der Waals surface area contributed by atoms with Crippen molar-refractivity contribution in [1.82, 2.24) is 28.7 Å². The first-order valence-corrected chi connectivity index (χ1v) is 12.4. The van der Waals surface area contributed by atoms with Gasteiger partial charge < -0.3 is 16.4 Å². The second-order valence-corrected chi connectivity index (χ2v) is 9.37. The van der Waals surface area contributed by atoms with E-state index in [0.29, 0.717) is 36.0 Å². The Hall–Kier alpha value is -4.66. The van der Waals surface area contributed by atoms with Crippen molar-refractivity contribution in [1.29, 1.82) is 0 Å². The van der Waals surface area contributed by atoms with Gasteiger partial charge in [0.05, 0.1) is 24.6 Å². The van der Waals surface area contributed by atoms with E-state index in [1.165, 1.54) is 4.57 Å². The lowest BCUT2D eigenvalue weighted by atomic mass is 10.1. The molecule has 1 atom stereocenters. The topological polar surface area (TPSA) is 155 Å². The van der Waals surface area contributed by atoms with E-state index in [1.54, 1.807) is 18.5 Å². The molecule has 0 radical (unpaired) electrons. The van der Waals surface area contributed by atoms with Crippen LogP contribution in [0.25, 0.3) is 22.1 Å². The van der Waals surface area contributed by atoms with Gasteiger partial charge in [0.2, 0.25) is 5.95 Å². The number of hydrogen-bond acceptors (Lipinski definition) is 7. The number of nitrogens with zero attached hydrogens (tertiary/aromatic N) is 8. The van der Waals surface area contributed by atoms with E-state index in [1.807, 2.05) is 36.1 Å². The van der Waals surface area contributed by atoms with Crippen LogP contribution < -0.4 is 27.6 Å². The summed E-state index contributed by atoms with van der Waals surface area (Å²) in [5, 5.41) is 0.924. The first-order valence-electron chi connectivity index (χ1n) is 12.4. The lowest BCUT2D eigenvalue weighted by Gasteiger charge is -2.31. The van der Waals surface area contributed by atoms with Gasteiger partial charge in [-0.05, 0) is 32.8 Å². The predicted molar refractivity (Wildman–Crippen MR) is 147 cm³/mol. The molecule has 1 aromatic carbocycles. The van der Waals surface area contributed by atoms with Crippen LogP contribution in [0, 0.1) is 18.8 Å². The molecule has 1 aliphatic heterocycles. The number of para-hydroxylation sites is 1. The first-order chi connectivity index (χ1) is 18.3. The third kappa shape index (κ3) is 4.47. The molecule has 4 aromatic rings. The summed E-state index contributed by atoms with van der Waals surface area (Å²) >= 11 is 0. The Kier molecular flexibility index (Phi) is 6.59. The van der Waals surface area contributed by atoms with E-state index in [0.717, 1.165) is 34.0 Å². The molecule has 1 fully saturated rings. The van der Waals surface area contributed by atoms with Crippen molar-refractivity contribution >= 4 is 34.0 Å². The second kappa shape index (κ2) is 10.0. The number of hydrogen-bond donors (Lipinski definition) is 2. The Balaban J connectivity index is 1.65. The van der Waals surface area contributed by atoms with E-state index in [4.69, 9.17) is 16.5 Å². The van der Waals surface area contributed by atoms with Crippen molar-refractivity contribution in [3.63, 3.8) is 0 Å². The summed E-state index contributed by atoms with van der Waals surface area (Å²) in [5.41, 5.74) is 12.4. The molecule has 1 saturated heterocycles. The van der Waals surface area contributed by atoms with Gasteiger partial charge in [-0.3, -0.25) is 18.5 Å². The fourth-order valence-corrected chi connectivity index (χ4v) is 5.01. The average Bonchev–Trinajstić information content (AvgIpc) is 3.28. The zero-order chi connectivity index (χ0) is 27.0. The Morgan fingerprint density at radius 2 is 1.95 bits per heavy atom. The van der Waals surface area contributed by atoms with Gasteiger partial charge in [0.25, 0.3) is 5.56 Å². The molecule has 0 aliphatic carbocycles. The van der Waals surface area contributed by atoms with Crippen molar-refractivity contribution in [3.8, 4) is 11.8 Å². The number of aliphatic imine (C=N–C) groups is 1. The standard InChI is InChI=1S/C26H30N10O2/c1-4-5-13-35-21-22(32-25(35)34-12-8-9-17(14-34)30-24(27)28)33(3)26(38)36(23(21)37)15-20-29-16(2)18-10-6-7-11-19(18)31-20/h6-7,10-11,17H,8-9,12-15H2,1-3H3,(H4,27,28,30). The zero-order valence-corrected chi connectivity index (χ0v) is 21.7. The third-order valence-electron chi connectivity index (χ3n) is 6.78. The van der Waals surface area contributed by atoms with Crippen LogP contribution in [0.3, 0.4) is 0 Å². The highest BCUT2D eigenvalue weighted by Gasteiger charge is 2.27. The Bertz CT molecular complexity index is 1750. The highest BCUT2D eigenvalue weighted by molar-refractivity contribution is 5.80. The van der Waals surface area contributed by atoms with E-state index in [2.05, 4.69) is 26.8 Å². The number of piperidine rings is 1. The summed E-state index contributed by atoms with van der Waals surface area (Å²) in [6, 6.07) is 7.55. The predicted octanol–water partition coefficient (Wildman–Crippen LogP) is 0.462. The molecule has 12 nitrogen and oxygen atoms in total. The first kappa shape index (κ1) is 25.0. The van der Waals surface area contributed by atoms with Crippen molar-refractivity contribution < 1.29 is 0 Å². The summed E-state index contributed by atoms with van der Waals surface area (Å²) in [6.07, 6.45) is 1.70. The van der Waals surface area contributed by atoms with Crippen LogP contribution in [0.1, 0.15) is 31.3 Å². The van der Waals surface area contributed by atoms with Crippen molar-refractivity contribution in [2.45, 2.75) is 45.8 Å². The molecule has 1 aliphatic rings. The molecule has 4 N–H and O–H groups in total. The maximum Gasteiger partial charge on any atom is 0.332 e. The van der Waals surface area contributed by atoms with Gasteiger partial charge in [0, 0.05) is 31.2 Å². The van der Waals surface area contributed by atoms with E-state index < -0.39 is 11.2 Å². The molecule has 0 saturated carbocycles. The minimum atomic E-state index is -0.494. The normalized spacial score (nSPS) is 15.4. The number of nitrogens with two attached hydrogens (primary N) is 2. The molecule has 0 amide bonds. The number of anilines is 1. The summed E-state index contributed by atoms with van der Waals surface area (Å²) < 4.78 is 4.32. The Morgan fingerprint density at radius 1 is 1.16 bits per heavy atom.